The van der Waals surface area contributed by atoms with Crippen molar-refractivity contribution in [1.29, 1.82) is 0 Å². The summed E-state index contributed by atoms with van der Waals surface area (Å²) in [7, 11) is 1.60. The fourth-order valence-electron chi connectivity index (χ4n) is 2.13. The summed E-state index contributed by atoms with van der Waals surface area (Å²) < 4.78 is 10.9. The molecule has 1 amide bonds. The Hall–Kier alpha value is -2.53. The quantitative estimate of drug-likeness (QED) is 0.898. The number of nitrogens with one attached hydrogen (secondary N) is 1. The van der Waals surface area contributed by atoms with Crippen LogP contribution in [-0.2, 0) is 4.79 Å². The molecule has 3 N–H and O–H groups in total. The normalized spacial score (nSPS) is 16.5. The zero-order valence-electron chi connectivity index (χ0n) is 10.9. The highest BCUT2D eigenvalue weighted by molar-refractivity contribution is 6.02. The Bertz CT molecular complexity index is 670. The highest BCUT2D eigenvalue weighted by atomic mass is 16.5. The van der Waals surface area contributed by atoms with Gasteiger partial charge in [-0.3, -0.25) is 4.79 Å². The third-order valence-electron chi connectivity index (χ3n) is 3.18. The second-order valence-corrected chi connectivity index (χ2v) is 4.50. The monoisotopic (exact) mass is 270 g/mol. The molecule has 2 aromatic carbocycles. The molecule has 102 valence electrons. The number of carbonyl (C=O) groups excluding carboxylic acids is 1. The van der Waals surface area contributed by atoms with Gasteiger partial charge in [-0.1, -0.05) is 12.1 Å². The molecule has 5 nitrogen and oxygen atoms in total. The van der Waals surface area contributed by atoms with E-state index in [1.54, 1.807) is 31.4 Å². The van der Waals surface area contributed by atoms with Crippen LogP contribution in [0.1, 0.15) is 11.6 Å². The zero-order valence-corrected chi connectivity index (χ0v) is 10.9. The van der Waals surface area contributed by atoms with Gasteiger partial charge in [0.2, 0.25) is 5.91 Å². The summed E-state index contributed by atoms with van der Waals surface area (Å²) in [5.41, 5.74) is 7.24. The lowest BCUT2D eigenvalue weighted by molar-refractivity contribution is -0.116. The zero-order chi connectivity index (χ0) is 14.1. The van der Waals surface area contributed by atoms with Crippen LogP contribution >= 0.6 is 0 Å². The second kappa shape index (κ2) is 4.86. The summed E-state index contributed by atoms with van der Waals surface area (Å²) in [6.07, 6.45) is 0. The molecule has 2 aromatic rings. The fourth-order valence-corrected chi connectivity index (χ4v) is 2.13. The number of nitrogens with two attached hydrogens (primary N) is 1. The molecule has 5 heteroatoms. The van der Waals surface area contributed by atoms with Crippen LogP contribution in [0.5, 0.6) is 17.2 Å². The van der Waals surface area contributed by atoms with Gasteiger partial charge in [0, 0.05) is 23.4 Å². The van der Waals surface area contributed by atoms with Crippen molar-refractivity contribution in [2.45, 2.75) is 6.04 Å². The van der Waals surface area contributed by atoms with Gasteiger partial charge in [-0.25, -0.2) is 0 Å². The van der Waals surface area contributed by atoms with Crippen LogP contribution in [0, 0.1) is 0 Å². The molecule has 1 aliphatic rings. The lowest BCUT2D eigenvalue weighted by Gasteiger charge is -2.09. The molecule has 0 aliphatic carbocycles. The molecule has 0 radical (unpaired) electrons. The smallest absolute Gasteiger partial charge is 0.245 e. The van der Waals surface area contributed by atoms with Crippen LogP contribution in [-0.4, -0.2) is 13.0 Å². The van der Waals surface area contributed by atoms with Crippen molar-refractivity contribution in [2.24, 2.45) is 5.73 Å². The van der Waals surface area contributed by atoms with E-state index in [1.807, 2.05) is 18.2 Å². The van der Waals surface area contributed by atoms with Crippen LogP contribution in [0.15, 0.2) is 42.5 Å². The molecule has 0 saturated heterocycles. The average Bonchev–Trinajstić information content (AvgIpc) is 2.74. The van der Waals surface area contributed by atoms with Crippen molar-refractivity contribution >= 4 is 11.6 Å². The second-order valence-electron chi connectivity index (χ2n) is 4.50. The first-order valence-electron chi connectivity index (χ1n) is 6.19. The van der Waals surface area contributed by atoms with Crippen molar-refractivity contribution < 1.29 is 14.3 Å². The molecular weight excluding hydrogens is 256 g/mol. The Labute approximate surface area is 116 Å². The third-order valence-corrected chi connectivity index (χ3v) is 3.18. The highest BCUT2D eigenvalue weighted by Gasteiger charge is 2.27. The lowest BCUT2D eigenvalue weighted by Crippen LogP contribution is -2.19. The maximum absolute atomic E-state index is 11.5. The summed E-state index contributed by atoms with van der Waals surface area (Å²) in [6, 6.07) is 12.1. The fraction of sp³-hybridized carbons (Fsp3) is 0.133. The molecule has 1 heterocycles. The van der Waals surface area contributed by atoms with Gasteiger partial charge in [-0.15, -0.1) is 0 Å². The number of anilines is 1. The third kappa shape index (κ3) is 2.19. The van der Waals surface area contributed by atoms with Gasteiger partial charge in [0.25, 0.3) is 0 Å². The Morgan fingerprint density at radius 2 is 1.85 bits per heavy atom. The summed E-state index contributed by atoms with van der Waals surface area (Å²) in [4.78, 5) is 11.5. The van der Waals surface area contributed by atoms with E-state index in [9.17, 15) is 4.79 Å². The van der Waals surface area contributed by atoms with Crippen molar-refractivity contribution in [1.82, 2.24) is 0 Å². The molecular formula is C15H14N2O3. The van der Waals surface area contributed by atoms with Crippen LogP contribution in [0.2, 0.25) is 0 Å². The number of carbonyl (C=O) groups is 1. The number of amides is 1. The minimum atomic E-state index is -0.601. The van der Waals surface area contributed by atoms with Crippen LogP contribution in [0.4, 0.5) is 5.69 Å². The standard InChI is InChI=1S/C15H14N2O3/c1-19-9-3-2-4-10(7-9)20-11-5-6-12-13(8-11)17-15(18)14(12)16/h2-8,14H,16H2,1H3,(H,17,18). The van der Waals surface area contributed by atoms with Gasteiger partial charge in [0.1, 0.15) is 23.3 Å². The van der Waals surface area contributed by atoms with E-state index >= 15 is 0 Å². The summed E-state index contributed by atoms with van der Waals surface area (Å²) in [6.45, 7) is 0. The van der Waals surface area contributed by atoms with E-state index in [4.69, 9.17) is 15.2 Å². The predicted molar refractivity (Wildman–Crippen MR) is 75.1 cm³/mol. The first-order valence-corrected chi connectivity index (χ1v) is 6.19. The lowest BCUT2D eigenvalue weighted by atomic mass is 10.1. The predicted octanol–water partition coefficient (Wildman–Crippen LogP) is 2.44. The molecule has 1 unspecified atom stereocenters. The van der Waals surface area contributed by atoms with Gasteiger partial charge in [0.15, 0.2) is 0 Å². The topological polar surface area (TPSA) is 73.6 Å². The van der Waals surface area contributed by atoms with Gasteiger partial charge in [-0.05, 0) is 18.2 Å². The molecule has 0 saturated carbocycles. The molecule has 1 atom stereocenters. The summed E-state index contributed by atoms with van der Waals surface area (Å²) >= 11 is 0. The van der Waals surface area contributed by atoms with Crippen molar-refractivity contribution in [3.8, 4) is 17.2 Å². The Morgan fingerprint density at radius 3 is 2.65 bits per heavy atom. The molecule has 0 aromatic heterocycles. The highest BCUT2D eigenvalue weighted by Crippen LogP contribution is 2.34. The van der Waals surface area contributed by atoms with E-state index in [0.717, 1.165) is 11.3 Å². The maximum atomic E-state index is 11.5. The molecule has 1 aliphatic heterocycles. The van der Waals surface area contributed by atoms with E-state index in [-0.39, 0.29) is 5.91 Å². The van der Waals surface area contributed by atoms with Gasteiger partial charge in [0.05, 0.1) is 7.11 Å². The SMILES string of the molecule is COc1cccc(Oc2ccc3c(c2)NC(=O)C3N)c1. The number of hydrogen-bond acceptors (Lipinski definition) is 4. The van der Waals surface area contributed by atoms with Crippen molar-refractivity contribution in [3.05, 3.63) is 48.0 Å². The van der Waals surface area contributed by atoms with Gasteiger partial charge >= 0.3 is 0 Å². The minimum absolute atomic E-state index is 0.196. The van der Waals surface area contributed by atoms with Crippen molar-refractivity contribution in [3.63, 3.8) is 0 Å². The minimum Gasteiger partial charge on any atom is -0.497 e. The first kappa shape index (κ1) is 12.5. The van der Waals surface area contributed by atoms with Crippen molar-refractivity contribution in [2.75, 3.05) is 12.4 Å². The number of benzene rings is 2. The van der Waals surface area contributed by atoms with Crippen LogP contribution in [0.25, 0.3) is 0 Å². The molecule has 0 fully saturated rings. The Morgan fingerprint density at radius 1 is 1.10 bits per heavy atom. The molecule has 0 bridgehead atoms. The Kier molecular flexibility index (Phi) is 3.04. The summed E-state index contributed by atoms with van der Waals surface area (Å²) in [5, 5.41) is 2.73. The van der Waals surface area contributed by atoms with E-state index in [1.165, 1.54) is 0 Å². The molecule has 20 heavy (non-hydrogen) atoms. The van der Waals surface area contributed by atoms with Gasteiger partial charge in [-0.2, -0.15) is 0 Å². The molecule has 0 spiro atoms. The maximum Gasteiger partial charge on any atom is 0.245 e. The number of fused-ring (bicyclic) bond motifs is 1. The average molecular weight is 270 g/mol. The number of ether oxygens (including phenoxy) is 2. The number of hydrogen-bond donors (Lipinski definition) is 2. The van der Waals surface area contributed by atoms with E-state index in [0.29, 0.717) is 17.2 Å². The largest absolute Gasteiger partial charge is 0.497 e. The van der Waals surface area contributed by atoms with E-state index < -0.39 is 6.04 Å². The summed E-state index contributed by atoms with van der Waals surface area (Å²) in [5.74, 6) is 1.82. The number of methoxy groups -OCH3 is 1. The van der Waals surface area contributed by atoms with E-state index in [2.05, 4.69) is 5.32 Å². The Balaban J connectivity index is 1.86. The number of rotatable bonds is 3. The first-order chi connectivity index (χ1) is 9.67. The van der Waals surface area contributed by atoms with Gasteiger partial charge < -0.3 is 20.5 Å². The van der Waals surface area contributed by atoms with Crippen LogP contribution in [0.3, 0.4) is 0 Å². The van der Waals surface area contributed by atoms with Crippen LogP contribution < -0.4 is 20.5 Å². The molecule has 3 rings (SSSR count).